The molecule has 2 N–H and O–H groups in total. The molecule has 0 atom stereocenters. The number of carbonyl (C=O) groups excluding carboxylic acids is 2. The maximum Gasteiger partial charge on any atom is 0.411 e. The summed E-state index contributed by atoms with van der Waals surface area (Å²) in [4.78, 5) is 31.3. The molecule has 2 heterocycles. The molecular formula is C23H25ClN4O3S. The van der Waals surface area contributed by atoms with Crippen molar-refractivity contribution in [3.8, 4) is 0 Å². The Morgan fingerprint density at radius 1 is 1.22 bits per heavy atom. The van der Waals surface area contributed by atoms with E-state index < -0.39 is 11.7 Å². The van der Waals surface area contributed by atoms with Crippen LogP contribution in [-0.2, 0) is 16.1 Å². The summed E-state index contributed by atoms with van der Waals surface area (Å²) < 4.78 is 5.45. The Labute approximate surface area is 197 Å². The molecule has 0 saturated heterocycles. The maximum atomic E-state index is 13.1. The number of aromatic nitrogens is 1. The number of rotatable bonds is 5. The number of amides is 1. The highest BCUT2D eigenvalue weighted by molar-refractivity contribution is 7.81. The van der Waals surface area contributed by atoms with Crippen LogP contribution in [0.15, 0.2) is 60.1 Å². The molecule has 7 nitrogen and oxygen atoms in total. The number of anilines is 1. The summed E-state index contributed by atoms with van der Waals surface area (Å²) in [6, 6.07) is 11.1. The number of thiocarbonyl (C=S) groups is 1. The zero-order chi connectivity index (χ0) is 23.3. The molecule has 32 heavy (non-hydrogen) atoms. The molecule has 1 aromatic heterocycles. The standard InChI is InChI=1S/C23H25ClN4O3S/c1-23(2,3)31-22(30)28-13-18(26-11-15-9-10-25-12-17(15)24)20(19(29)14-28)21(32)27-16-7-5-4-6-8-16/h4-10,12,26H,11,13-14H2,1-3H3,(H,27,32). The largest absolute Gasteiger partial charge is 0.444 e. The van der Waals surface area contributed by atoms with Gasteiger partial charge in [-0.3, -0.25) is 14.7 Å². The van der Waals surface area contributed by atoms with Crippen molar-refractivity contribution in [3.05, 3.63) is 70.6 Å². The number of hydrogen-bond donors (Lipinski definition) is 2. The molecule has 1 amide bonds. The van der Waals surface area contributed by atoms with Gasteiger partial charge in [0.1, 0.15) is 10.6 Å². The third-order valence-corrected chi connectivity index (χ3v) is 5.17. The summed E-state index contributed by atoms with van der Waals surface area (Å²) in [5.41, 5.74) is 1.76. The third-order valence-electron chi connectivity index (χ3n) is 4.52. The Bertz CT molecular complexity index is 1050. The van der Waals surface area contributed by atoms with Gasteiger partial charge < -0.3 is 15.4 Å². The third kappa shape index (κ3) is 6.27. The van der Waals surface area contributed by atoms with Crippen LogP contribution < -0.4 is 10.6 Å². The summed E-state index contributed by atoms with van der Waals surface area (Å²) in [5.74, 6) is -0.279. The smallest absolute Gasteiger partial charge is 0.411 e. The quantitative estimate of drug-likeness (QED) is 0.626. The molecule has 168 valence electrons. The minimum Gasteiger partial charge on any atom is -0.444 e. The van der Waals surface area contributed by atoms with Gasteiger partial charge in [-0.25, -0.2) is 4.79 Å². The molecule has 0 aliphatic carbocycles. The molecule has 0 spiro atoms. The molecule has 1 aromatic carbocycles. The van der Waals surface area contributed by atoms with Gasteiger partial charge in [0.25, 0.3) is 0 Å². The summed E-state index contributed by atoms with van der Waals surface area (Å²) in [5, 5.41) is 6.85. The number of pyridine rings is 1. The van der Waals surface area contributed by atoms with Crippen LogP contribution in [-0.4, -0.2) is 45.4 Å². The fourth-order valence-electron chi connectivity index (χ4n) is 3.07. The SMILES string of the molecule is CC(C)(C)OC(=O)N1CC(=O)C(C(=S)Nc2ccccc2)=C(NCc2ccncc2Cl)C1. The van der Waals surface area contributed by atoms with Crippen molar-refractivity contribution in [2.24, 2.45) is 0 Å². The monoisotopic (exact) mass is 472 g/mol. The average molecular weight is 473 g/mol. The summed E-state index contributed by atoms with van der Waals surface area (Å²) >= 11 is 11.8. The van der Waals surface area contributed by atoms with Crippen LogP contribution >= 0.6 is 23.8 Å². The topological polar surface area (TPSA) is 83.6 Å². The summed E-state index contributed by atoms with van der Waals surface area (Å²) in [7, 11) is 0. The number of nitrogens with zero attached hydrogens (tertiary/aromatic N) is 2. The van der Waals surface area contributed by atoms with Crippen molar-refractivity contribution in [3.63, 3.8) is 0 Å². The Balaban J connectivity index is 1.88. The van der Waals surface area contributed by atoms with Crippen LogP contribution in [0.3, 0.4) is 0 Å². The van der Waals surface area contributed by atoms with Crippen molar-refractivity contribution in [1.82, 2.24) is 15.2 Å². The van der Waals surface area contributed by atoms with Crippen LogP contribution in [0.2, 0.25) is 5.02 Å². The lowest BCUT2D eigenvalue weighted by molar-refractivity contribution is -0.116. The van der Waals surface area contributed by atoms with Gasteiger partial charge in [-0.05, 0) is 44.5 Å². The van der Waals surface area contributed by atoms with Gasteiger partial charge >= 0.3 is 6.09 Å². The van der Waals surface area contributed by atoms with Gasteiger partial charge in [0, 0.05) is 30.3 Å². The molecule has 0 fully saturated rings. The number of benzene rings is 1. The van der Waals surface area contributed by atoms with Crippen molar-refractivity contribution >= 4 is 46.4 Å². The second kappa shape index (κ2) is 10.1. The van der Waals surface area contributed by atoms with Gasteiger partial charge in [0.15, 0.2) is 5.78 Å². The number of para-hydroxylation sites is 1. The lowest BCUT2D eigenvalue weighted by atomic mass is 10.0. The van der Waals surface area contributed by atoms with E-state index in [1.165, 1.54) is 4.90 Å². The minimum absolute atomic E-state index is 0.123. The van der Waals surface area contributed by atoms with E-state index in [9.17, 15) is 9.59 Å². The van der Waals surface area contributed by atoms with Crippen LogP contribution in [0.5, 0.6) is 0 Å². The number of hydrogen-bond acceptors (Lipinski definition) is 6. The maximum absolute atomic E-state index is 13.1. The fourth-order valence-corrected chi connectivity index (χ4v) is 3.62. The fraction of sp³-hybridized carbons (Fsp3) is 0.304. The van der Waals surface area contributed by atoms with Crippen molar-refractivity contribution < 1.29 is 14.3 Å². The van der Waals surface area contributed by atoms with E-state index in [0.717, 1.165) is 11.3 Å². The van der Waals surface area contributed by atoms with E-state index in [-0.39, 0.29) is 23.9 Å². The summed E-state index contributed by atoms with van der Waals surface area (Å²) in [6.07, 6.45) is 2.63. The van der Waals surface area contributed by atoms with Crippen molar-refractivity contribution in [1.29, 1.82) is 0 Å². The van der Waals surface area contributed by atoms with Gasteiger partial charge in [-0.1, -0.05) is 42.0 Å². The molecule has 2 aromatic rings. The van der Waals surface area contributed by atoms with Gasteiger partial charge in [0.2, 0.25) is 0 Å². The van der Waals surface area contributed by atoms with E-state index in [4.69, 9.17) is 28.6 Å². The van der Waals surface area contributed by atoms with Crippen molar-refractivity contribution in [2.45, 2.75) is 32.9 Å². The predicted octanol–water partition coefficient (Wildman–Crippen LogP) is 4.34. The van der Waals surface area contributed by atoms with Crippen molar-refractivity contribution in [2.75, 3.05) is 18.4 Å². The Kier molecular flexibility index (Phi) is 7.48. The lowest BCUT2D eigenvalue weighted by Gasteiger charge is -2.32. The summed E-state index contributed by atoms with van der Waals surface area (Å²) in [6.45, 7) is 5.70. The van der Waals surface area contributed by atoms with Crippen LogP contribution in [0.1, 0.15) is 26.3 Å². The lowest BCUT2D eigenvalue weighted by Crippen LogP contribution is -2.48. The average Bonchev–Trinajstić information content (AvgIpc) is 2.72. The number of carbonyl (C=O) groups is 2. The molecule has 3 rings (SSSR count). The number of ether oxygens (including phenoxy) is 1. The Morgan fingerprint density at radius 3 is 2.59 bits per heavy atom. The molecule has 0 saturated carbocycles. The minimum atomic E-state index is -0.674. The van der Waals surface area contributed by atoms with Crippen LogP contribution in [0, 0.1) is 0 Å². The second-order valence-corrected chi connectivity index (χ2v) is 9.07. The van der Waals surface area contributed by atoms with E-state index in [1.54, 1.807) is 39.2 Å². The van der Waals surface area contributed by atoms with E-state index >= 15 is 0 Å². The molecule has 0 bridgehead atoms. The Morgan fingerprint density at radius 2 is 1.94 bits per heavy atom. The normalized spacial score (nSPS) is 14.2. The first-order valence-corrected chi connectivity index (χ1v) is 10.9. The van der Waals surface area contributed by atoms with E-state index in [0.29, 0.717) is 22.8 Å². The first-order valence-electron chi connectivity index (χ1n) is 10.1. The molecule has 9 heteroatoms. The zero-order valence-electron chi connectivity index (χ0n) is 18.1. The molecular weight excluding hydrogens is 448 g/mol. The first-order chi connectivity index (χ1) is 15.1. The second-order valence-electron chi connectivity index (χ2n) is 8.25. The highest BCUT2D eigenvalue weighted by atomic mass is 35.5. The molecule has 1 aliphatic heterocycles. The van der Waals surface area contributed by atoms with E-state index in [1.807, 2.05) is 30.3 Å². The zero-order valence-corrected chi connectivity index (χ0v) is 19.7. The molecule has 1 aliphatic rings. The number of ketones is 1. The highest BCUT2D eigenvalue weighted by Crippen LogP contribution is 2.21. The number of halogens is 1. The molecule has 0 unspecified atom stereocenters. The van der Waals surface area contributed by atoms with Gasteiger partial charge in [-0.15, -0.1) is 0 Å². The van der Waals surface area contributed by atoms with Crippen LogP contribution in [0.25, 0.3) is 0 Å². The van der Waals surface area contributed by atoms with Gasteiger partial charge in [0.05, 0.1) is 23.7 Å². The highest BCUT2D eigenvalue weighted by Gasteiger charge is 2.33. The van der Waals surface area contributed by atoms with Crippen LogP contribution in [0.4, 0.5) is 10.5 Å². The number of Topliss-reactive ketones (excluding diaryl/α,β-unsaturated/α-hetero) is 1. The number of nitrogens with one attached hydrogen (secondary N) is 2. The van der Waals surface area contributed by atoms with Gasteiger partial charge in [-0.2, -0.15) is 0 Å². The Hall–Kier alpha value is -2.97. The first kappa shape index (κ1) is 23.7. The predicted molar refractivity (Wildman–Crippen MR) is 129 cm³/mol. The van der Waals surface area contributed by atoms with E-state index in [2.05, 4.69) is 15.6 Å². The molecule has 0 radical (unpaired) electrons.